The predicted molar refractivity (Wildman–Crippen MR) is 91.2 cm³/mol. The summed E-state index contributed by atoms with van der Waals surface area (Å²) in [5.74, 6) is 1.34. The van der Waals surface area contributed by atoms with Crippen molar-refractivity contribution in [1.82, 2.24) is 5.32 Å². The summed E-state index contributed by atoms with van der Waals surface area (Å²) in [4.78, 5) is 14.4. The van der Waals surface area contributed by atoms with Crippen LogP contribution in [-0.2, 0) is 4.79 Å². The van der Waals surface area contributed by atoms with E-state index < -0.39 is 0 Å². The molecule has 0 saturated carbocycles. The van der Waals surface area contributed by atoms with Crippen molar-refractivity contribution in [2.45, 2.75) is 64.0 Å². The third-order valence-electron chi connectivity index (χ3n) is 5.36. The molecular weight excluding hydrogens is 272 g/mol. The SMILES string of the molecule is CC(C)c1ccc(N(C)C(=O)CC2CC3CCC(C2)N3)cc1. The minimum Gasteiger partial charge on any atom is -0.315 e. The molecule has 2 unspecified atom stereocenters. The molecule has 3 rings (SSSR count). The lowest BCUT2D eigenvalue weighted by Crippen LogP contribution is -2.40. The summed E-state index contributed by atoms with van der Waals surface area (Å²) < 4.78 is 0. The van der Waals surface area contributed by atoms with Gasteiger partial charge in [-0.2, -0.15) is 0 Å². The Hall–Kier alpha value is -1.35. The highest BCUT2D eigenvalue weighted by Crippen LogP contribution is 2.33. The summed E-state index contributed by atoms with van der Waals surface area (Å²) in [6.07, 6.45) is 5.62. The molecule has 2 heterocycles. The molecule has 2 saturated heterocycles. The van der Waals surface area contributed by atoms with Gasteiger partial charge in [0.1, 0.15) is 0 Å². The highest BCUT2D eigenvalue weighted by molar-refractivity contribution is 5.92. The molecule has 120 valence electrons. The Bertz CT molecular complexity index is 511. The van der Waals surface area contributed by atoms with E-state index in [1.165, 1.54) is 31.2 Å². The maximum Gasteiger partial charge on any atom is 0.226 e. The van der Waals surface area contributed by atoms with Gasteiger partial charge in [-0.3, -0.25) is 4.79 Å². The fourth-order valence-corrected chi connectivity index (χ4v) is 3.95. The van der Waals surface area contributed by atoms with Gasteiger partial charge in [-0.05, 0) is 55.2 Å². The average molecular weight is 300 g/mol. The minimum atomic E-state index is 0.253. The maximum absolute atomic E-state index is 12.6. The standard InChI is InChI=1S/C19H28N2O/c1-13(2)15-4-8-18(9-5-15)21(3)19(22)12-14-10-16-6-7-17(11-14)20-16/h4-5,8-9,13-14,16-17,20H,6-7,10-12H2,1-3H3. The van der Waals surface area contributed by atoms with E-state index in [4.69, 9.17) is 0 Å². The van der Waals surface area contributed by atoms with Crippen LogP contribution in [0.4, 0.5) is 5.69 Å². The number of benzene rings is 1. The summed E-state index contributed by atoms with van der Waals surface area (Å²) in [7, 11) is 1.91. The van der Waals surface area contributed by atoms with Crippen LogP contribution < -0.4 is 10.2 Å². The second kappa shape index (κ2) is 6.41. The number of rotatable bonds is 4. The molecule has 0 radical (unpaired) electrons. The van der Waals surface area contributed by atoms with Crippen molar-refractivity contribution in [3.63, 3.8) is 0 Å². The first kappa shape index (κ1) is 15.5. The first-order chi connectivity index (χ1) is 10.5. The molecule has 1 aromatic rings. The zero-order chi connectivity index (χ0) is 15.7. The van der Waals surface area contributed by atoms with Crippen molar-refractivity contribution in [3.05, 3.63) is 29.8 Å². The van der Waals surface area contributed by atoms with Crippen molar-refractivity contribution >= 4 is 11.6 Å². The quantitative estimate of drug-likeness (QED) is 0.919. The minimum absolute atomic E-state index is 0.253. The van der Waals surface area contributed by atoms with E-state index in [0.29, 0.717) is 30.3 Å². The average Bonchev–Trinajstić information content (AvgIpc) is 2.85. The largest absolute Gasteiger partial charge is 0.315 e. The molecule has 3 heteroatoms. The van der Waals surface area contributed by atoms with Crippen molar-refractivity contribution in [2.24, 2.45) is 5.92 Å². The Balaban J connectivity index is 1.59. The summed E-state index contributed by atoms with van der Waals surface area (Å²) in [5.41, 5.74) is 2.32. The maximum atomic E-state index is 12.6. The van der Waals surface area contributed by atoms with Crippen molar-refractivity contribution in [2.75, 3.05) is 11.9 Å². The van der Waals surface area contributed by atoms with Crippen LogP contribution in [0.5, 0.6) is 0 Å². The molecule has 2 aliphatic rings. The number of carbonyl (C=O) groups is 1. The number of piperidine rings is 1. The van der Waals surface area contributed by atoms with Gasteiger partial charge in [0.2, 0.25) is 5.91 Å². The second-order valence-electron chi connectivity index (χ2n) is 7.38. The Morgan fingerprint density at radius 3 is 2.32 bits per heavy atom. The van der Waals surface area contributed by atoms with E-state index in [0.717, 1.165) is 5.69 Å². The lowest BCUT2D eigenvalue weighted by molar-refractivity contribution is -0.119. The van der Waals surface area contributed by atoms with Crippen LogP contribution in [0, 0.1) is 5.92 Å². The number of anilines is 1. The summed E-state index contributed by atoms with van der Waals surface area (Å²) in [6, 6.07) is 9.72. The molecular formula is C19H28N2O. The molecule has 1 aromatic carbocycles. The smallest absolute Gasteiger partial charge is 0.226 e. The van der Waals surface area contributed by atoms with E-state index in [1.807, 2.05) is 11.9 Å². The lowest BCUT2D eigenvalue weighted by Gasteiger charge is -2.30. The number of amides is 1. The summed E-state index contributed by atoms with van der Waals surface area (Å²) in [6.45, 7) is 4.38. The van der Waals surface area contributed by atoms with Gasteiger partial charge in [0.25, 0.3) is 0 Å². The fraction of sp³-hybridized carbons (Fsp3) is 0.632. The van der Waals surface area contributed by atoms with Gasteiger partial charge in [-0.25, -0.2) is 0 Å². The molecule has 2 atom stereocenters. The van der Waals surface area contributed by atoms with E-state index in [2.05, 4.69) is 43.4 Å². The van der Waals surface area contributed by atoms with Crippen LogP contribution in [0.25, 0.3) is 0 Å². The Morgan fingerprint density at radius 2 is 1.77 bits per heavy atom. The first-order valence-electron chi connectivity index (χ1n) is 8.65. The summed E-state index contributed by atoms with van der Waals surface area (Å²) >= 11 is 0. The van der Waals surface area contributed by atoms with Crippen molar-refractivity contribution in [3.8, 4) is 0 Å². The van der Waals surface area contributed by atoms with Gasteiger partial charge in [-0.15, -0.1) is 0 Å². The zero-order valence-electron chi connectivity index (χ0n) is 14.0. The number of nitrogens with one attached hydrogen (secondary N) is 1. The highest BCUT2D eigenvalue weighted by Gasteiger charge is 2.34. The van der Waals surface area contributed by atoms with E-state index >= 15 is 0 Å². The molecule has 2 fully saturated rings. The van der Waals surface area contributed by atoms with Crippen LogP contribution in [0.2, 0.25) is 0 Å². The van der Waals surface area contributed by atoms with E-state index in [9.17, 15) is 4.79 Å². The molecule has 0 spiro atoms. The zero-order valence-corrected chi connectivity index (χ0v) is 14.0. The topological polar surface area (TPSA) is 32.3 Å². The monoisotopic (exact) mass is 300 g/mol. The van der Waals surface area contributed by atoms with E-state index in [-0.39, 0.29) is 5.91 Å². The number of hydrogen-bond donors (Lipinski definition) is 1. The van der Waals surface area contributed by atoms with Crippen LogP contribution in [0.1, 0.15) is 57.4 Å². The molecule has 0 aromatic heterocycles. The predicted octanol–water partition coefficient (Wildman–Crippen LogP) is 3.69. The van der Waals surface area contributed by atoms with Gasteiger partial charge < -0.3 is 10.2 Å². The van der Waals surface area contributed by atoms with E-state index in [1.54, 1.807) is 0 Å². The number of hydrogen-bond acceptors (Lipinski definition) is 2. The van der Waals surface area contributed by atoms with Crippen molar-refractivity contribution in [1.29, 1.82) is 0 Å². The van der Waals surface area contributed by atoms with Crippen LogP contribution >= 0.6 is 0 Å². The Labute approximate surface area is 134 Å². The van der Waals surface area contributed by atoms with Crippen LogP contribution in [0.15, 0.2) is 24.3 Å². The molecule has 22 heavy (non-hydrogen) atoms. The molecule has 1 N–H and O–H groups in total. The molecule has 3 nitrogen and oxygen atoms in total. The Kier molecular flexibility index (Phi) is 4.53. The number of fused-ring (bicyclic) bond motifs is 2. The first-order valence-corrected chi connectivity index (χ1v) is 8.65. The second-order valence-corrected chi connectivity index (χ2v) is 7.38. The highest BCUT2D eigenvalue weighted by atomic mass is 16.2. The van der Waals surface area contributed by atoms with Crippen LogP contribution in [0.3, 0.4) is 0 Å². The lowest BCUT2D eigenvalue weighted by atomic mass is 9.89. The third kappa shape index (κ3) is 3.35. The van der Waals surface area contributed by atoms with Gasteiger partial charge in [0.05, 0.1) is 0 Å². The Morgan fingerprint density at radius 1 is 1.18 bits per heavy atom. The summed E-state index contributed by atoms with van der Waals surface area (Å²) in [5, 5.41) is 3.65. The fourth-order valence-electron chi connectivity index (χ4n) is 3.95. The van der Waals surface area contributed by atoms with Crippen LogP contribution in [-0.4, -0.2) is 25.0 Å². The third-order valence-corrected chi connectivity index (χ3v) is 5.36. The molecule has 0 aliphatic carbocycles. The van der Waals surface area contributed by atoms with Gasteiger partial charge in [0, 0.05) is 31.2 Å². The van der Waals surface area contributed by atoms with Gasteiger partial charge >= 0.3 is 0 Å². The number of nitrogens with zero attached hydrogens (tertiary/aromatic N) is 1. The normalized spacial score (nSPS) is 27.2. The molecule has 2 aliphatic heterocycles. The van der Waals surface area contributed by atoms with Gasteiger partial charge in [0.15, 0.2) is 0 Å². The van der Waals surface area contributed by atoms with Gasteiger partial charge in [-0.1, -0.05) is 26.0 Å². The van der Waals surface area contributed by atoms with Crippen molar-refractivity contribution < 1.29 is 4.79 Å². The molecule has 2 bridgehead atoms. The number of carbonyl (C=O) groups excluding carboxylic acids is 1. The molecule has 1 amide bonds.